The van der Waals surface area contributed by atoms with Crippen LogP contribution in [-0.4, -0.2) is 24.0 Å². The van der Waals surface area contributed by atoms with Crippen LogP contribution in [0.2, 0.25) is 0 Å². The molecule has 1 atom stereocenters. The molecule has 0 aliphatic rings. The Balaban J connectivity index is 2.73. The van der Waals surface area contributed by atoms with Gasteiger partial charge in [0.15, 0.2) is 3.77 Å². The smallest absolute Gasteiger partial charge is 0.302 e. The molecule has 0 aliphatic heterocycles. The Morgan fingerprint density at radius 1 is 1.40 bits per heavy atom. The van der Waals surface area contributed by atoms with Gasteiger partial charge in [0.25, 0.3) is 0 Å². The Hall–Kier alpha value is -1.05. The van der Waals surface area contributed by atoms with E-state index in [1.807, 2.05) is 19.1 Å². The van der Waals surface area contributed by atoms with Gasteiger partial charge in [-0.15, -0.1) is 0 Å². The normalized spacial score (nSPS) is 13.6. The lowest BCUT2D eigenvalue weighted by atomic mass is 9.90. The fourth-order valence-corrected chi connectivity index (χ4v) is 2.46. The van der Waals surface area contributed by atoms with Crippen LogP contribution in [0, 0.1) is 3.77 Å². The molecule has 0 saturated heterocycles. The number of hydrogen-bond acceptors (Lipinski definition) is 4. The van der Waals surface area contributed by atoms with Crippen LogP contribution in [0.5, 0.6) is 0 Å². The molecule has 1 N–H and O–H groups in total. The average molecular weight is 393 g/mol. The first kappa shape index (κ1) is 17.0. The van der Waals surface area contributed by atoms with Crippen molar-refractivity contribution in [2.75, 3.05) is 6.61 Å². The number of halogens is 1. The minimum atomic E-state index is -0.546. The molecule has 0 radical (unpaired) electrons. The summed E-state index contributed by atoms with van der Waals surface area (Å²) in [7, 11) is 0. The summed E-state index contributed by atoms with van der Waals surface area (Å²) in [6.07, 6.45) is 2.01. The number of ether oxygens (including phenoxy) is 1. The third-order valence-corrected chi connectivity index (χ3v) is 3.73. The van der Waals surface area contributed by atoms with Gasteiger partial charge in [0, 0.05) is 20.3 Å². The van der Waals surface area contributed by atoms with E-state index in [0.29, 0.717) is 19.3 Å². The molecule has 0 fully saturated rings. The number of hydrogen-bond donors (Lipinski definition) is 1. The Labute approximate surface area is 132 Å². The molecule has 6 heteroatoms. The first-order chi connectivity index (χ1) is 9.37. The number of nitrogens with one attached hydrogen (secondary N) is 1. The number of rotatable bonds is 7. The molecule has 1 aromatic heterocycles. The lowest BCUT2D eigenvalue weighted by Crippen LogP contribution is -2.51. The lowest BCUT2D eigenvalue weighted by molar-refractivity contribution is -0.144. The zero-order valence-electron chi connectivity index (χ0n) is 12.0. The van der Waals surface area contributed by atoms with Gasteiger partial charge in [-0.25, -0.2) is 0 Å². The zero-order valence-corrected chi connectivity index (χ0v) is 14.2. The molecule has 0 aliphatic carbocycles. The van der Waals surface area contributed by atoms with Gasteiger partial charge in [0.1, 0.15) is 12.4 Å². The van der Waals surface area contributed by atoms with Crippen molar-refractivity contribution in [1.29, 1.82) is 0 Å². The molecule has 112 valence electrons. The fraction of sp³-hybridized carbons (Fsp3) is 0.571. The highest BCUT2D eigenvalue weighted by Gasteiger charge is 2.30. The summed E-state index contributed by atoms with van der Waals surface area (Å²) in [5.41, 5.74) is -0.546. The SMILES string of the molecule is CC[C@@](CCc1ccc(I)o1)(COC(C)=O)NC(C)=O. The maximum atomic E-state index is 11.4. The summed E-state index contributed by atoms with van der Waals surface area (Å²) >= 11 is 2.11. The molecule has 1 amide bonds. The molecule has 20 heavy (non-hydrogen) atoms. The molecule has 0 bridgehead atoms. The van der Waals surface area contributed by atoms with Crippen LogP contribution >= 0.6 is 22.6 Å². The third kappa shape index (κ3) is 5.52. The predicted octanol–water partition coefficient (Wildman–Crippen LogP) is 2.66. The molecular weight excluding hydrogens is 373 g/mol. The van der Waals surface area contributed by atoms with Crippen molar-refractivity contribution in [3.05, 3.63) is 21.7 Å². The van der Waals surface area contributed by atoms with Crippen LogP contribution in [0.25, 0.3) is 0 Å². The number of furan rings is 1. The van der Waals surface area contributed by atoms with Gasteiger partial charge < -0.3 is 14.5 Å². The number of carbonyl (C=O) groups excluding carboxylic acids is 2. The average Bonchev–Trinajstić information content (AvgIpc) is 2.78. The van der Waals surface area contributed by atoms with Gasteiger partial charge in [-0.1, -0.05) is 6.92 Å². The number of amides is 1. The highest BCUT2D eigenvalue weighted by Crippen LogP contribution is 2.21. The molecule has 0 saturated carbocycles. The summed E-state index contributed by atoms with van der Waals surface area (Å²) in [6.45, 7) is 4.97. The summed E-state index contributed by atoms with van der Waals surface area (Å²) in [4.78, 5) is 22.4. The lowest BCUT2D eigenvalue weighted by Gasteiger charge is -2.32. The largest absolute Gasteiger partial charge is 0.463 e. The minimum absolute atomic E-state index is 0.131. The van der Waals surface area contributed by atoms with Crippen LogP contribution in [-0.2, 0) is 20.7 Å². The second-order valence-electron chi connectivity index (χ2n) is 4.80. The van der Waals surface area contributed by atoms with Gasteiger partial charge in [0.05, 0.1) is 5.54 Å². The zero-order chi connectivity index (χ0) is 15.2. The van der Waals surface area contributed by atoms with E-state index in [2.05, 4.69) is 27.9 Å². The molecule has 0 unspecified atom stereocenters. The molecule has 1 aromatic rings. The van der Waals surface area contributed by atoms with Crippen molar-refractivity contribution >= 4 is 34.5 Å². The van der Waals surface area contributed by atoms with E-state index in [1.165, 1.54) is 13.8 Å². The van der Waals surface area contributed by atoms with Crippen LogP contribution in [0.15, 0.2) is 16.5 Å². The summed E-state index contributed by atoms with van der Waals surface area (Å²) in [5, 5.41) is 2.92. The van der Waals surface area contributed by atoms with Gasteiger partial charge in [-0.2, -0.15) is 0 Å². The third-order valence-electron chi connectivity index (χ3n) is 3.15. The second-order valence-corrected chi connectivity index (χ2v) is 5.86. The molecule has 1 heterocycles. The standard InChI is InChI=1S/C14H20INO4/c1-4-14(16-10(2)17,9-19-11(3)18)8-7-12-5-6-13(15)20-12/h5-6H,4,7-9H2,1-3H3,(H,16,17)/t14-/m1/s1. The summed E-state index contributed by atoms with van der Waals surface area (Å²) in [6, 6.07) is 3.82. The number of esters is 1. The minimum Gasteiger partial charge on any atom is -0.463 e. The van der Waals surface area contributed by atoms with Gasteiger partial charge in [0.2, 0.25) is 5.91 Å². The summed E-state index contributed by atoms with van der Waals surface area (Å²) in [5.74, 6) is 0.383. The van der Waals surface area contributed by atoms with E-state index in [4.69, 9.17) is 9.15 Å². The monoisotopic (exact) mass is 393 g/mol. The molecule has 0 spiro atoms. The van der Waals surface area contributed by atoms with Crippen molar-refractivity contribution in [1.82, 2.24) is 5.32 Å². The van der Waals surface area contributed by atoms with Crippen LogP contribution in [0.3, 0.4) is 0 Å². The van der Waals surface area contributed by atoms with E-state index in [-0.39, 0.29) is 18.5 Å². The molecular formula is C14H20INO4. The van der Waals surface area contributed by atoms with Crippen molar-refractivity contribution in [3.8, 4) is 0 Å². The summed E-state index contributed by atoms with van der Waals surface area (Å²) < 4.78 is 11.5. The van der Waals surface area contributed by atoms with E-state index in [9.17, 15) is 9.59 Å². The van der Waals surface area contributed by atoms with E-state index >= 15 is 0 Å². The topological polar surface area (TPSA) is 68.5 Å². The van der Waals surface area contributed by atoms with E-state index < -0.39 is 5.54 Å². The maximum Gasteiger partial charge on any atom is 0.302 e. The maximum absolute atomic E-state index is 11.4. The molecule has 1 rings (SSSR count). The Kier molecular flexibility index (Phi) is 6.51. The Bertz CT molecular complexity index is 471. The second kappa shape index (κ2) is 7.66. The highest BCUT2D eigenvalue weighted by molar-refractivity contribution is 14.1. The van der Waals surface area contributed by atoms with Crippen LogP contribution in [0.4, 0.5) is 0 Å². The molecule has 0 aromatic carbocycles. The van der Waals surface area contributed by atoms with Crippen LogP contribution < -0.4 is 5.32 Å². The van der Waals surface area contributed by atoms with E-state index in [1.54, 1.807) is 0 Å². The van der Waals surface area contributed by atoms with Crippen molar-refractivity contribution in [2.24, 2.45) is 0 Å². The number of aryl methyl sites for hydroxylation is 1. The van der Waals surface area contributed by atoms with Gasteiger partial charge >= 0.3 is 5.97 Å². The fourth-order valence-electron chi connectivity index (χ4n) is 2.00. The number of carbonyl (C=O) groups is 2. The first-order valence-corrected chi connectivity index (χ1v) is 7.61. The van der Waals surface area contributed by atoms with Crippen molar-refractivity contribution in [3.63, 3.8) is 0 Å². The predicted molar refractivity (Wildman–Crippen MR) is 83.2 cm³/mol. The van der Waals surface area contributed by atoms with E-state index in [0.717, 1.165) is 9.53 Å². The first-order valence-electron chi connectivity index (χ1n) is 6.53. The van der Waals surface area contributed by atoms with Gasteiger partial charge in [-0.3, -0.25) is 9.59 Å². The Morgan fingerprint density at radius 2 is 2.10 bits per heavy atom. The quantitative estimate of drug-likeness (QED) is 0.572. The van der Waals surface area contributed by atoms with Crippen molar-refractivity contribution in [2.45, 2.75) is 45.6 Å². The highest BCUT2D eigenvalue weighted by atomic mass is 127. The van der Waals surface area contributed by atoms with Crippen molar-refractivity contribution < 1.29 is 18.7 Å². The Morgan fingerprint density at radius 3 is 2.55 bits per heavy atom. The van der Waals surface area contributed by atoms with Gasteiger partial charge in [-0.05, 0) is 47.6 Å². The molecule has 5 nitrogen and oxygen atoms in total. The van der Waals surface area contributed by atoms with Crippen LogP contribution in [0.1, 0.15) is 39.4 Å².